The van der Waals surface area contributed by atoms with E-state index in [1.165, 1.54) is 6.20 Å². The summed E-state index contributed by atoms with van der Waals surface area (Å²) in [5.41, 5.74) is 0. The van der Waals surface area contributed by atoms with Crippen LogP contribution in [0.25, 0.3) is 0 Å². The minimum atomic E-state index is -0.625. The molecular formula is C3H3N2O2+. The third-order valence-electron chi connectivity index (χ3n) is 0.617. The van der Waals surface area contributed by atoms with Crippen molar-refractivity contribution in [2.24, 2.45) is 0 Å². The van der Waals surface area contributed by atoms with Crippen molar-refractivity contribution in [1.82, 2.24) is 5.32 Å². The molecule has 1 aliphatic rings. The fraction of sp³-hybridized carbons (Fsp3) is 0. The molecule has 4 nitrogen and oxygen atoms in total. The predicted molar refractivity (Wildman–Crippen MR) is 21.3 cm³/mol. The molecule has 2 amide bonds. The molecule has 0 fully saturated rings. The van der Waals surface area contributed by atoms with Gasteiger partial charge in [-0.1, -0.05) is 4.91 Å². The summed E-state index contributed by atoms with van der Waals surface area (Å²) in [6.07, 6.45) is 2.40. The van der Waals surface area contributed by atoms with Gasteiger partial charge in [0, 0.05) is 4.76 Å². The average molecular weight is 99.1 g/mol. The molecule has 0 aromatic heterocycles. The van der Waals surface area contributed by atoms with Crippen LogP contribution in [0.2, 0.25) is 0 Å². The zero-order valence-electron chi connectivity index (χ0n) is 3.42. The second kappa shape index (κ2) is 1.14. The molecule has 0 spiro atoms. The molecule has 7 heavy (non-hydrogen) atoms. The van der Waals surface area contributed by atoms with Crippen molar-refractivity contribution in [3.63, 3.8) is 0 Å². The molecule has 0 aliphatic carbocycles. The summed E-state index contributed by atoms with van der Waals surface area (Å²) in [6.45, 7) is 0. The fourth-order valence-electron chi connectivity index (χ4n) is 0.308. The summed E-state index contributed by atoms with van der Waals surface area (Å²) in [6, 6.07) is -0.625. The first kappa shape index (κ1) is 3.98. The van der Waals surface area contributed by atoms with Gasteiger partial charge in [0.1, 0.15) is 6.20 Å². The summed E-state index contributed by atoms with van der Waals surface area (Å²) >= 11 is 0. The lowest BCUT2D eigenvalue weighted by molar-refractivity contribution is -0.365. The molecule has 1 heterocycles. The Morgan fingerprint density at radius 1 is 1.71 bits per heavy atom. The van der Waals surface area contributed by atoms with Crippen LogP contribution >= 0.6 is 0 Å². The molecule has 0 saturated carbocycles. The highest BCUT2D eigenvalue weighted by atomic mass is 16.3. The molecule has 1 aliphatic heterocycles. The highest BCUT2D eigenvalue weighted by molar-refractivity contribution is 5.68. The molecule has 0 atom stereocenters. The van der Waals surface area contributed by atoms with Crippen LogP contribution in [0.4, 0.5) is 4.79 Å². The van der Waals surface area contributed by atoms with Crippen LogP contribution in [0.1, 0.15) is 0 Å². The van der Waals surface area contributed by atoms with E-state index < -0.39 is 6.03 Å². The number of carbonyl (C=O) groups excluding carboxylic acids is 1. The van der Waals surface area contributed by atoms with Gasteiger partial charge in [-0.25, -0.2) is 5.32 Å². The van der Waals surface area contributed by atoms with Gasteiger partial charge < -0.3 is 0 Å². The SMILES string of the molecule is O=C1NC=C[N+]1=O. The van der Waals surface area contributed by atoms with Gasteiger partial charge in [0.2, 0.25) is 0 Å². The van der Waals surface area contributed by atoms with Crippen LogP contribution in [0, 0.1) is 4.91 Å². The van der Waals surface area contributed by atoms with Crippen molar-refractivity contribution >= 4 is 6.03 Å². The topological polar surface area (TPSA) is 49.2 Å². The van der Waals surface area contributed by atoms with E-state index >= 15 is 0 Å². The average Bonchev–Trinajstić information content (AvgIpc) is 1.91. The van der Waals surface area contributed by atoms with Gasteiger partial charge in [-0.2, -0.15) is 4.79 Å². The molecule has 0 radical (unpaired) electrons. The molecule has 0 saturated heterocycles. The third kappa shape index (κ3) is 0.489. The highest BCUT2D eigenvalue weighted by Crippen LogP contribution is 1.84. The Kier molecular flexibility index (Phi) is 0.651. The standard InChI is InChI=1S/C3H2N2O2/c6-3-4-1-2-5(3)7/h1-2H/p+1. The molecule has 0 aromatic carbocycles. The van der Waals surface area contributed by atoms with Crippen LogP contribution in [-0.4, -0.2) is 10.8 Å². The minimum Gasteiger partial charge on any atom is -0.204 e. The van der Waals surface area contributed by atoms with Crippen LogP contribution in [0.5, 0.6) is 0 Å². The molecule has 0 aromatic rings. The number of hydrogen-bond acceptors (Lipinski definition) is 2. The number of rotatable bonds is 0. The first-order valence-electron chi connectivity index (χ1n) is 1.74. The van der Waals surface area contributed by atoms with E-state index in [4.69, 9.17) is 0 Å². The number of carbonyl (C=O) groups is 1. The van der Waals surface area contributed by atoms with Gasteiger partial charge in [0.25, 0.3) is 0 Å². The van der Waals surface area contributed by atoms with Crippen LogP contribution < -0.4 is 5.32 Å². The van der Waals surface area contributed by atoms with Gasteiger partial charge in [-0.3, -0.25) is 0 Å². The maximum atomic E-state index is 10.0. The van der Waals surface area contributed by atoms with Gasteiger partial charge >= 0.3 is 6.03 Å². The van der Waals surface area contributed by atoms with Crippen molar-refractivity contribution < 1.29 is 9.55 Å². The number of amides is 2. The largest absolute Gasteiger partial charge is 0.539 e. The molecule has 1 N–H and O–H groups in total. The van der Waals surface area contributed by atoms with Crippen molar-refractivity contribution in [3.8, 4) is 0 Å². The number of nitroso groups, excluding NO2 is 1. The maximum absolute atomic E-state index is 10.0. The van der Waals surface area contributed by atoms with Crippen molar-refractivity contribution in [2.75, 3.05) is 0 Å². The number of nitrogens with zero attached hydrogens (tertiary/aromatic N) is 1. The van der Waals surface area contributed by atoms with E-state index in [-0.39, 0.29) is 4.76 Å². The predicted octanol–water partition coefficient (Wildman–Crippen LogP) is -0.0403. The van der Waals surface area contributed by atoms with Crippen molar-refractivity contribution in [1.29, 1.82) is 0 Å². The highest BCUT2D eigenvalue weighted by Gasteiger charge is 2.20. The zero-order valence-corrected chi connectivity index (χ0v) is 3.42. The fourth-order valence-corrected chi connectivity index (χ4v) is 0.308. The molecular weight excluding hydrogens is 96.0 g/mol. The Morgan fingerprint density at radius 3 is 2.57 bits per heavy atom. The van der Waals surface area contributed by atoms with Crippen LogP contribution in [0.15, 0.2) is 12.4 Å². The Labute approximate surface area is 39.4 Å². The Bertz CT molecular complexity index is 149. The molecule has 36 valence electrons. The van der Waals surface area contributed by atoms with E-state index in [0.29, 0.717) is 0 Å². The lowest BCUT2D eigenvalue weighted by Gasteiger charge is -1.68. The van der Waals surface area contributed by atoms with E-state index in [1.54, 1.807) is 0 Å². The van der Waals surface area contributed by atoms with Gasteiger partial charge in [-0.05, 0) is 0 Å². The van der Waals surface area contributed by atoms with Crippen LogP contribution in [0.3, 0.4) is 0 Å². The summed E-state index contributed by atoms with van der Waals surface area (Å²) in [5, 5.41) is 2.16. The Hall–Kier alpha value is -1.19. The van der Waals surface area contributed by atoms with Gasteiger partial charge in [-0.15, -0.1) is 0 Å². The zero-order chi connectivity index (χ0) is 5.28. The minimum absolute atomic E-state index is 0.222. The van der Waals surface area contributed by atoms with E-state index in [1.807, 2.05) is 0 Å². The number of nitrogens with one attached hydrogen (secondary N) is 1. The summed E-state index contributed by atoms with van der Waals surface area (Å²) in [4.78, 5) is 20.0. The monoisotopic (exact) mass is 99.0 g/mol. The van der Waals surface area contributed by atoms with E-state index in [2.05, 4.69) is 5.32 Å². The van der Waals surface area contributed by atoms with E-state index in [9.17, 15) is 9.70 Å². The summed E-state index contributed by atoms with van der Waals surface area (Å²) < 4.78 is 0.222. The molecule has 0 unspecified atom stereocenters. The second-order valence-corrected chi connectivity index (χ2v) is 1.09. The van der Waals surface area contributed by atoms with Crippen molar-refractivity contribution in [3.05, 3.63) is 17.3 Å². The summed E-state index contributed by atoms with van der Waals surface area (Å²) in [5.74, 6) is 0. The normalized spacial score (nSPS) is 17.7. The lowest BCUT2D eigenvalue weighted by Crippen LogP contribution is -2.16. The molecule has 1 rings (SSSR count). The lowest BCUT2D eigenvalue weighted by atomic mass is 11.0. The Balaban J connectivity index is 2.81. The van der Waals surface area contributed by atoms with Crippen LogP contribution in [-0.2, 0) is 0 Å². The number of urea groups is 1. The van der Waals surface area contributed by atoms with E-state index in [0.717, 1.165) is 6.20 Å². The Morgan fingerprint density at radius 2 is 2.43 bits per heavy atom. The quantitative estimate of drug-likeness (QED) is 0.433. The first-order chi connectivity index (χ1) is 3.30. The van der Waals surface area contributed by atoms with Crippen molar-refractivity contribution in [2.45, 2.75) is 0 Å². The smallest absolute Gasteiger partial charge is 0.204 e. The van der Waals surface area contributed by atoms with Gasteiger partial charge in [0.05, 0.1) is 0 Å². The summed E-state index contributed by atoms with van der Waals surface area (Å²) in [7, 11) is 0. The molecule has 0 bridgehead atoms. The first-order valence-corrected chi connectivity index (χ1v) is 1.74. The maximum Gasteiger partial charge on any atom is 0.539 e. The third-order valence-corrected chi connectivity index (χ3v) is 0.617. The number of hydrogen-bond donors (Lipinski definition) is 1. The van der Waals surface area contributed by atoms with Gasteiger partial charge in [0.15, 0.2) is 6.20 Å². The molecule has 4 heteroatoms. The second-order valence-electron chi connectivity index (χ2n) is 1.09.